The van der Waals surface area contributed by atoms with Crippen LogP contribution in [0.15, 0.2) is 57.5 Å². The van der Waals surface area contributed by atoms with Crippen molar-refractivity contribution in [1.29, 1.82) is 0 Å². The summed E-state index contributed by atoms with van der Waals surface area (Å²) in [5.74, 6) is -0.912. The Morgan fingerprint density at radius 2 is 1.74 bits per heavy atom. The Kier molecular flexibility index (Phi) is 9.59. The molecule has 0 radical (unpaired) electrons. The van der Waals surface area contributed by atoms with Crippen LogP contribution in [0.1, 0.15) is 37.9 Å². The number of rotatable bonds is 8. The van der Waals surface area contributed by atoms with Gasteiger partial charge in [-0.2, -0.15) is 0 Å². The van der Waals surface area contributed by atoms with Gasteiger partial charge in [-0.3, -0.25) is 9.36 Å². The minimum absolute atomic E-state index is 0.160. The maximum absolute atomic E-state index is 13.7. The van der Waals surface area contributed by atoms with E-state index in [4.69, 9.17) is 14.2 Å². The highest BCUT2D eigenvalue weighted by Gasteiger charge is 2.33. The molecule has 3 aromatic rings. The second-order valence-corrected chi connectivity index (χ2v) is 11.6. The third kappa shape index (κ3) is 6.43. The van der Waals surface area contributed by atoms with Gasteiger partial charge < -0.3 is 14.2 Å². The van der Waals surface area contributed by atoms with Gasteiger partial charge in [0.2, 0.25) is 0 Å². The van der Waals surface area contributed by atoms with E-state index in [1.54, 1.807) is 39.0 Å². The summed E-state index contributed by atoms with van der Waals surface area (Å²) >= 11 is 5.42. The molecule has 0 bridgehead atoms. The van der Waals surface area contributed by atoms with Crippen LogP contribution in [0.4, 0.5) is 4.39 Å². The molecule has 0 unspecified atom stereocenters. The van der Waals surface area contributed by atoms with Crippen molar-refractivity contribution in [3.63, 3.8) is 0 Å². The number of hydrogen-bond donors (Lipinski definition) is 0. The number of esters is 2. The van der Waals surface area contributed by atoms with Crippen LogP contribution in [-0.4, -0.2) is 36.3 Å². The zero-order chi connectivity index (χ0) is 28.3. The molecule has 12 heteroatoms. The average Bonchev–Trinajstić information content (AvgIpc) is 3.17. The number of carbonyl (C=O) groups is 2. The summed E-state index contributed by atoms with van der Waals surface area (Å²) in [5, 5.41) is 0. The molecular formula is C27H23FI2N2O6S. The molecule has 4 rings (SSSR count). The van der Waals surface area contributed by atoms with Crippen molar-refractivity contribution in [1.82, 2.24) is 4.57 Å². The van der Waals surface area contributed by atoms with E-state index in [0.717, 1.165) is 12.7 Å². The number of carbonyl (C=O) groups excluding carboxylic acids is 2. The fourth-order valence-electron chi connectivity index (χ4n) is 4.04. The average molecular weight is 776 g/mol. The van der Waals surface area contributed by atoms with Crippen LogP contribution in [0.25, 0.3) is 6.08 Å². The topological polar surface area (TPSA) is 96.2 Å². The highest BCUT2D eigenvalue weighted by molar-refractivity contribution is 14.1. The van der Waals surface area contributed by atoms with Gasteiger partial charge in [-0.25, -0.2) is 19.0 Å². The lowest BCUT2D eigenvalue weighted by molar-refractivity contribution is -0.145. The van der Waals surface area contributed by atoms with Crippen LogP contribution in [0.2, 0.25) is 0 Å². The van der Waals surface area contributed by atoms with Crippen molar-refractivity contribution in [2.75, 3.05) is 19.8 Å². The normalized spacial score (nSPS) is 15.0. The number of ether oxygens (including phenoxy) is 3. The quantitative estimate of drug-likeness (QED) is 0.253. The van der Waals surface area contributed by atoms with Gasteiger partial charge in [0.05, 0.1) is 42.2 Å². The largest absolute Gasteiger partial charge is 0.480 e. The van der Waals surface area contributed by atoms with Crippen molar-refractivity contribution in [2.45, 2.75) is 26.8 Å². The summed E-state index contributed by atoms with van der Waals surface area (Å²) < 4.78 is 32.9. The van der Waals surface area contributed by atoms with Crippen LogP contribution in [-0.2, 0) is 19.1 Å². The van der Waals surface area contributed by atoms with Crippen LogP contribution < -0.4 is 19.6 Å². The van der Waals surface area contributed by atoms with E-state index in [1.807, 2.05) is 12.1 Å². The molecule has 2 heterocycles. The second kappa shape index (κ2) is 12.7. The van der Waals surface area contributed by atoms with Gasteiger partial charge in [-0.05, 0) is 107 Å². The number of thiazole rings is 1. The molecule has 1 atom stereocenters. The fraction of sp³-hybridized carbons (Fsp3) is 0.259. The standard InChI is InChI=1S/C27H23FI2N2O6S/c1-4-36-21(33)13-38-24-18(29)10-15(11-19(24)30)12-20-25(34)32-23(16-6-8-17(28)9-7-16)22(26(35)37-5-2)14(3)31-27(32)39-20/h6-12,23H,4-5,13H2,1-3H3/b20-12-/t23-/m0/s1. The third-order valence-corrected chi connectivity index (χ3v) is 8.25. The Bertz CT molecular complexity index is 1620. The second-order valence-electron chi connectivity index (χ2n) is 8.26. The first-order valence-corrected chi connectivity index (χ1v) is 14.8. The SMILES string of the molecule is CCOC(=O)COc1c(I)cc(/C=c2\sc3n(c2=O)[C@@H](c2ccc(F)cc2)C(C(=O)OCC)=C(C)N=3)cc1I. The van der Waals surface area contributed by atoms with Crippen LogP contribution in [0.5, 0.6) is 5.75 Å². The zero-order valence-corrected chi connectivity index (χ0v) is 26.3. The van der Waals surface area contributed by atoms with Gasteiger partial charge in [0, 0.05) is 0 Å². The molecule has 0 fully saturated rings. The summed E-state index contributed by atoms with van der Waals surface area (Å²) in [5.41, 5.74) is 1.64. The first-order chi connectivity index (χ1) is 18.6. The molecule has 8 nitrogen and oxygen atoms in total. The molecule has 204 valence electrons. The molecule has 1 aliphatic heterocycles. The van der Waals surface area contributed by atoms with E-state index in [1.165, 1.54) is 28.0 Å². The number of fused-ring (bicyclic) bond motifs is 1. The molecule has 0 N–H and O–H groups in total. The van der Waals surface area contributed by atoms with Gasteiger partial charge >= 0.3 is 11.9 Å². The summed E-state index contributed by atoms with van der Waals surface area (Å²) in [6.07, 6.45) is 1.74. The van der Waals surface area contributed by atoms with E-state index >= 15 is 0 Å². The number of nitrogens with zero attached hydrogens (tertiary/aromatic N) is 2. The van der Waals surface area contributed by atoms with Crippen LogP contribution in [0, 0.1) is 13.0 Å². The Morgan fingerprint density at radius 1 is 1.10 bits per heavy atom. The smallest absolute Gasteiger partial charge is 0.344 e. The summed E-state index contributed by atoms with van der Waals surface area (Å²) in [7, 11) is 0. The molecule has 0 spiro atoms. The summed E-state index contributed by atoms with van der Waals surface area (Å²) in [6.45, 7) is 5.35. The lowest BCUT2D eigenvalue weighted by atomic mass is 9.96. The maximum Gasteiger partial charge on any atom is 0.344 e. The highest BCUT2D eigenvalue weighted by atomic mass is 127. The van der Waals surface area contributed by atoms with Gasteiger partial charge in [-0.1, -0.05) is 23.5 Å². The number of hydrogen-bond acceptors (Lipinski definition) is 8. The molecule has 0 saturated heterocycles. The lowest BCUT2D eigenvalue weighted by Crippen LogP contribution is -2.39. The molecule has 1 aromatic heterocycles. The maximum atomic E-state index is 13.7. The van der Waals surface area contributed by atoms with Crippen molar-refractivity contribution in [3.8, 4) is 5.75 Å². The molecule has 39 heavy (non-hydrogen) atoms. The van der Waals surface area contributed by atoms with Crippen molar-refractivity contribution < 1.29 is 28.2 Å². The van der Waals surface area contributed by atoms with E-state index in [0.29, 0.717) is 26.3 Å². The molecule has 2 aromatic carbocycles. The van der Waals surface area contributed by atoms with Crippen LogP contribution in [0.3, 0.4) is 0 Å². The lowest BCUT2D eigenvalue weighted by Gasteiger charge is -2.24. The van der Waals surface area contributed by atoms with Crippen LogP contribution >= 0.6 is 56.5 Å². The van der Waals surface area contributed by atoms with Gasteiger partial charge in [0.15, 0.2) is 11.4 Å². The van der Waals surface area contributed by atoms with Gasteiger partial charge in [0.25, 0.3) is 5.56 Å². The number of benzene rings is 2. The summed E-state index contributed by atoms with van der Waals surface area (Å²) in [6, 6.07) is 8.55. The van der Waals surface area contributed by atoms with Gasteiger partial charge in [0.1, 0.15) is 11.6 Å². The van der Waals surface area contributed by atoms with Crippen molar-refractivity contribution in [2.24, 2.45) is 4.99 Å². The molecule has 0 amide bonds. The van der Waals surface area contributed by atoms with E-state index in [2.05, 4.69) is 50.2 Å². The van der Waals surface area contributed by atoms with Crippen molar-refractivity contribution >= 4 is 74.5 Å². The Hall–Kier alpha value is -2.59. The summed E-state index contributed by atoms with van der Waals surface area (Å²) in [4.78, 5) is 43.3. The molecule has 0 aliphatic carbocycles. The number of aromatic nitrogens is 1. The molecule has 1 aliphatic rings. The Labute approximate surface area is 254 Å². The highest BCUT2D eigenvalue weighted by Crippen LogP contribution is 2.31. The molecular weight excluding hydrogens is 753 g/mol. The minimum atomic E-state index is -0.818. The number of halogens is 3. The Morgan fingerprint density at radius 3 is 2.36 bits per heavy atom. The zero-order valence-electron chi connectivity index (χ0n) is 21.1. The predicted octanol–water partition coefficient (Wildman–Crippen LogP) is 4.09. The number of allylic oxidation sites excluding steroid dienone is 1. The van der Waals surface area contributed by atoms with Crippen molar-refractivity contribution in [3.05, 3.63) is 91.4 Å². The van der Waals surface area contributed by atoms with E-state index < -0.39 is 23.8 Å². The monoisotopic (exact) mass is 776 g/mol. The Balaban J connectivity index is 1.80. The minimum Gasteiger partial charge on any atom is -0.480 e. The van der Waals surface area contributed by atoms with E-state index in [-0.39, 0.29) is 31.0 Å². The fourth-order valence-corrected chi connectivity index (χ4v) is 7.21. The first kappa shape index (κ1) is 29.4. The van der Waals surface area contributed by atoms with E-state index in [9.17, 15) is 18.8 Å². The van der Waals surface area contributed by atoms with Gasteiger partial charge in [-0.15, -0.1) is 0 Å². The molecule has 0 saturated carbocycles. The first-order valence-electron chi connectivity index (χ1n) is 11.9. The third-order valence-electron chi connectivity index (χ3n) is 5.66. The predicted molar refractivity (Wildman–Crippen MR) is 161 cm³/mol.